The van der Waals surface area contributed by atoms with Crippen LogP contribution in [-0.4, -0.2) is 10.8 Å². The van der Waals surface area contributed by atoms with Gasteiger partial charge in [0.25, 0.3) is 0 Å². The fourth-order valence-electron chi connectivity index (χ4n) is 4.52. The van der Waals surface area contributed by atoms with Crippen molar-refractivity contribution in [3.63, 3.8) is 0 Å². The van der Waals surface area contributed by atoms with Gasteiger partial charge in [0.1, 0.15) is 5.82 Å². The zero-order valence-corrected chi connectivity index (χ0v) is 17.6. The van der Waals surface area contributed by atoms with Crippen LogP contribution in [0.5, 0.6) is 0 Å². The van der Waals surface area contributed by atoms with Gasteiger partial charge in [0.15, 0.2) is 5.78 Å². The lowest BCUT2D eigenvalue weighted by Crippen LogP contribution is -1.99. The molecule has 1 heterocycles. The molecule has 0 atom stereocenters. The molecule has 3 heteroatoms. The van der Waals surface area contributed by atoms with E-state index in [-0.39, 0.29) is 11.6 Å². The van der Waals surface area contributed by atoms with Gasteiger partial charge in [0, 0.05) is 28.9 Å². The summed E-state index contributed by atoms with van der Waals surface area (Å²) in [6.07, 6.45) is 13.1. The summed E-state index contributed by atoms with van der Waals surface area (Å²) in [4.78, 5) is 17.4. The minimum atomic E-state index is -0.238. The number of hydrogen-bond acceptors (Lipinski definition) is 2. The lowest BCUT2D eigenvalue weighted by Gasteiger charge is -2.15. The molecule has 0 bridgehead atoms. The molecular formula is C28H26FNO. The zero-order valence-electron chi connectivity index (χ0n) is 17.6. The van der Waals surface area contributed by atoms with Gasteiger partial charge in [-0.15, -0.1) is 0 Å². The SMILES string of the molecule is O=C1CCCCCC1=CC=Cc1c(C2CC2)nc2ccccc2c1-c1ccc(F)cc1. The van der Waals surface area contributed by atoms with Crippen LogP contribution in [0.15, 0.2) is 66.3 Å². The predicted molar refractivity (Wildman–Crippen MR) is 124 cm³/mol. The fraction of sp³-hybridized carbons (Fsp3) is 0.286. The van der Waals surface area contributed by atoms with Gasteiger partial charge in [-0.3, -0.25) is 9.78 Å². The van der Waals surface area contributed by atoms with Gasteiger partial charge >= 0.3 is 0 Å². The number of benzene rings is 2. The number of carbonyl (C=O) groups is 1. The van der Waals surface area contributed by atoms with Crippen LogP contribution in [-0.2, 0) is 4.79 Å². The molecule has 2 nitrogen and oxygen atoms in total. The predicted octanol–water partition coefficient (Wildman–Crippen LogP) is 7.39. The van der Waals surface area contributed by atoms with E-state index in [2.05, 4.69) is 12.1 Å². The number of allylic oxidation sites excluding steroid dienone is 3. The number of aromatic nitrogens is 1. The first kappa shape index (κ1) is 19.9. The fourth-order valence-corrected chi connectivity index (χ4v) is 4.52. The molecule has 2 fully saturated rings. The lowest BCUT2D eigenvalue weighted by molar-refractivity contribution is -0.115. The van der Waals surface area contributed by atoms with Crippen molar-refractivity contribution in [2.75, 3.05) is 0 Å². The standard InChI is InChI=1S/C28H26FNO/c29-22-17-15-20(16-18-22)27-23-9-4-5-11-25(23)30-28(21-13-14-21)24(27)10-6-8-19-7-2-1-3-12-26(19)31/h4-6,8-11,15-18,21H,1-3,7,12-14H2. The van der Waals surface area contributed by atoms with Crippen LogP contribution in [0.1, 0.15) is 62.1 Å². The molecule has 1 aromatic heterocycles. The Labute approximate surface area is 182 Å². The third kappa shape index (κ3) is 4.23. The largest absolute Gasteiger partial charge is 0.295 e. The Morgan fingerprint density at radius 3 is 2.52 bits per heavy atom. The molecule has 2 aromatic carbocycles. The van der Waals surface area contributed by atoms with Crippen molar-refractivity contribution in [3.8, 4) is 11.1 Å². The molecular weight excluding hydrogens is 385 g/mol. The molecule has 2 saturated carbocycles. The number of pyridine rings is 1. The molecule has 0 unspecified atom stereocenters. The first-order valence-electron chi connectivity index (χ1n) is 11.3. The highest BCUT2D eigenvalue weighted by atomic mass is 19.1. The third-order valence-corrected chi connectivity index (χ3v) is 6.32. The average molecular weight is 412 g/mol. The second-order valence-electron chi connectivity index (χ2n) is 8.62. The average Bonchev–Trinajstić information content (AvgIpc) is 3.64. The molecule has 3 aromatic rings. The van der Waals surface area contributed by atoms with Gasteiger partial charge in [-0.05, 0) is 61.4 Å². The van der Waals surface area contributed by atoms with Crippen LogP contribution >= 0.6 is 0 Å². The van der Waals surface area contributed by atoms with Gasteiger partial charge in [0.05, 0.1) is 11.2 Å². The van der Waals surface area contributed by atoms with E-state index in [1.807, 2.05) is 42.5 Å². The minimum Gasteiger partial charge on any atom is -0.295 e. The second-order valence-corrected chi connectivity index (χ2v) is 8.62. The molecule has 0 N–H and O–H groups in total. The first-order chi connectivity index (χ1) is 15.2. The van der Waals surface area contributed by atoms with Crippen molar-refractivity contribution in [1.29, 1.82) is 0 Å². The Kier molecular flexibility index (Phi) is 5.50. The van der Waals surface area contributed by atoms with Gasteiger partial charge < -0.3 is 0 Å². The Balaban J connectivity index is 1.67. The van der Waals surface area contributed by atoms with Gasteiger partial charge in [-0.2, -0.15) is 0 Å². The number of hydrogen-bond donors (Lipinski definition) is 0. The number of rotatable bonds is 4. The number of Topliss-reactive ketones (excluding diaryl/α,β-unsaturated/α-hetero) is 1. The number of para-hydroxylation sites is 1. The van der Waals surface area contributed by atoms with Crippen molar-refractivity contribution in [2.45, 2.75) is 50.9 Å². The summed E-state index contributed by atoms with van der Waals surface area (Å²) < 4.78 is 13.6. The van der Waals surface area contributed by atoms with E-state index in [1.54, 1.807) is 0 Å². The highest BCUT2D eigenvalue weighted by Crippen LogP contribution is 2.45. The van der Waals surface area contributed by atoms with Crippen LogP contribution in [0.25, 0.3) is 28.1 Å². The van der Waals surface area contributed by atoms with Crippen LogP contribution < -0.4 is 0 Å². The normalized spacial score (nSPS) is 18.7. The summed E-state index contributed by atoms with van der Waals surface area (Å²) in [7, 11) is 0. The van der Waals surface area contributed by atoms with E-state index in [0.29, 0.717) is 12.3 Å². The monoisotopic (exact) mass is 411 g/mol. The van der Waals surface area contributed by atoms with E-state index in [4.69, 9.17) is 4.98 Å². The molecule has 0 radical (unpaired) electrons. The Bertz CT molecular complexity index is 1190. The molecule has 156 valence electrons. The first-order valence-corrected chi connectivity index (χ1v) is 11.3. The van der Waals surface area contributed by atoms with E-state index >= 15 is 0 Å². The quantitative estimate of drug-likeness (QED) is 0.331. The number of carbonyl (C=O) groups excluding carboxylic acids is 1. The summed E-state index contributed by atoms with van der Waals surface area (Å²) in [5.74, 6) is 0.508. The molecule has 31 heavy (non-hydrogen) atoms. The Morgan fingerprint density at radius 1 is 0.935 bits per heavy atom. The van der Waals surface area contributed by atoms with Crippen molar-refractivity contribution < 1.29 is 9.18 Å². The minimum absolute atomic E-state index is 0.238. The molecule has 2 aliphatic rings. The van der Waals surface area contributed by atoms with Gasteiger partial charge in [-0.25, -0.2) is 4.39 Å². The zero-order chi connectivity index (χ0) is 21.2. The number of fused-ring (bicyclic) bond motifs is 1. The number of ketones is 1. The van der Waals surface area contributed by atoms with E-state index in [0.717, 1.165) is 77.4 Å². The highest BCUT2D eigenvalue weighted by molar-refractivity contribution is 6.00. The van der Waals surface area contributed by atoms with Crippen molar-refractivity contribution in [3.05, 3.63) is 83.3 Å². The summed E-state index contributed by atoms with van der Waals surface area (Å²) in [6, 6.07) is 14.9. The molecule has 0 aliphatic heterocycles. The van der Waals surface area contributed by atoms with Crippen molar-refractivity contribution in [2.24, 2.45) is 0 Å². The summed E-state index contributed by atoms with van der Waals surface area (Å²) >= 11 is 0. The maximum atomic E-state index is 13.6. The maximum absolute atomic E-state index is 13.6. The Hall–Kier alpha value is -3.07. The van der Waals surface area contributed by atoms with Gasteiger partial charge in [-0.1, -0.05) is 55.0 Å². The highest BCUT2D eigenvalue weighted by Gasteiger charge is 2.29. The van der Waals surface area contributed by atoms with Crippen LogP contribution in [0.2, 0.25) is 0 Å². The molecule has 5 rings (SSSR count). The second kappa shape index (κ2) is 8.58. The molecule has 0 amide bonds. The van der Waals surface area contributed by atoms with E-state index < -0.39 is 0 Å². The van der Waals surface area contributed by atoms with E-state index in [9.17, 15) is 9.18 Å². The molecule has 2 aliphatic carbocycles. The van der Waals surface area contributed by atoms with Gasteiger partial charge in [0.2, 0.25) is 0 Å². The molecule has 0 spiro atoms. The number of nitrogens with zero attached hydrogens (tertiary/aromatic N) is 1. The summed E-state index contributed by atoms with van der Waals surface area (Å²) in [6.45, 7) is 0. The van der Waals surface area contributed by atoms with Crippen LogP contribution in [0.3, 0.4) is 0 Å². The van der Waals surface area contributed by atoms with Crippen molar-refractivity contribution >= 4 is 22.8 Å². The van der Waals surface area contributed by atoms with E-state index in [1.165, 1.54) is 12.1 Å². The van der Waals surface area contributed by atoms with Crippen molar-refractivity contribution in [1.82, 2.24) is 4.98 Å². The molecule has 0 saturated heterocycles. The third-order valence-electron chi connectivity index (χ3n) is 6.32. The maximum Gasteiger partial charge on any atom is 0.158 e. The smallest absolute Gasteiger partial charge is 0.158 e. The Morgan fingerprint density at radius 2 is 1.71 bits per heavy atom. The van der Waals surface area contributed by atoms with Crippen LogP contribution in [0.4, 0.5) is 4.39 Å². The number of halogens is 1. The topological polar surface area (TPSA) is 30.0 Å². The lowest BCUT2D eigenvalue weighted by atomic mass is 9.92. The summed E-state index contributed by atoms with van der Waals surface area (Å²) in [5, 5.41) is 1.07. The van der Waals surface area contributed by atoms with Crippen LogP contribution in [0, 0.1) is 5.82 Å². The summed E-state index contributed by atoms with van der Waals surface area (Å²) in [5.41, 5.74) is 6.18.